The summed E-state index contributed by atoms with van der Waals surface area (Å²) in [4.78, 5) is 11.7. The molecule has 4 nitrogen and oxygen atoms in total. The minimum atomic E-state index is -0.667. The smallest absolute Gasteiger partial charge is 0.219 e. The summed E-state index contributed by atoms with van der Waals surface area (Å²) in [6.07, 6.45) is 4.89. The van der Waals surface area contributed by atoms with Crippen molar-refractivity contribution in [3.8, 4) is 0 Å². The van der Waals surface area contributed by atoms with Crippen molar-refractivity contribution in [2.45, 2.75) is 6.04 Å². The van der Waals surface area contributed by atoms with Crippen LogP contribution >= 0.6 is 0 Å². The molecule has 1 aromatic rings. The highest BCUT2D eigenvalue weighted by Crippen LogP contribution is 2.25. The highest BCUT2D eigenvalue weighted by molar-refractivity contribution is 5.98. The Kier molecular flexibility index (Phi) is 1.92. The molecule has 80 valence electrons. The largest absolute Gasteiger partial charge is 0.628 e. The lowest BCUT2D eigenvalue weighted by Crippen LogP contribution is -3.09. The van der Waals surface area contributed by atoms with Gasteiger partial charge in [-0.3, -0.25) is 4.79 Å². The van der Waals surface area contributed by atoms with E-state index in [2.05, 4.69) is 5.32 Å². The molecular weight excluding hydrogens is 204 g/mol. The van der Waals surface area contributed by atoms with Crippen molar-refractivity contribution in [3.63, 3.8) is 0 Å². The minimum Gasteiger partial charge on any atom is -0.628 e. The number of nitrogens with one attached hydrogen (secondary N) is 2. The maximum atomic E-state index is 12.1. The molecule has 4 heteroatoms. The van der Waals surface area contributed by atoms with Crippen LogP contribution in [0.3, 0.4) is 0 Å². The van der Waals surface area contributed by atoms with Gasteiger partial charge in [0.1, 0.15) is 5.69 Å². The number of benzene rings is 1. The molecule has 0 aromatic heterocycles. The van der Waals surface area contributed by atoms with Gasteiger partial charge in [0, 0.05) is 6.07 Å². The molecule has 16 heavy (non-hydrogen) atoms. The first-order valence-electron chi connectivity index (χ1n) is 5.10. The van der Waals surface area contributed by atoms with Gasteiger partial charge >= 0.3 is 0 Å². The number of fused-ring (bicyclic) bond motifs is 2. The Morgan fingerprint density at radius 2 is 2.12 bits per heavy atom. The van der Waals surface area contributed by atoms with Crippen LogP contribution in [0.4, 0.5) is 11.4 Å². The number of para-hydroxylation sites is 2. The van der Waals surface area contributed by atoms with E-state index in [0.29, 0.717) is 11.4 Å². The van der Waals surface area contributed by atoms with Crippen LogP contribution in [-0.2, 0) is 4.79 Å². The predicted octanol–water partition coefficient (Wildman–Crippen LogP) is 0.518. The number of carbonyl (C=O) groups excluding carboxylic acids is 1. The van der Waals surface area contributed by atoms with Crippen LogP contribution in [0.1, 0.15) is 0 Å². The third kappa shape index (κ3) is 1.21. The highest BCUT2D eigenvalue weighted by Gasteiger charge is 2.35. The molecule has 2 unspecified atom stereocenters. The zero-order valence-corrected chi connectivity index (χ0v) is 8.44. The standard InChI is InChI=1S/C12H10N2O2/c15-11-7-3-5-9-12(11)14(16)10-6-2-1-4-8(10)13-9/h1-7,12-14H. The molecule has 2 atom stereocenters. The number of hydrogen-bond donors (Lipinski definition) is 2. The summed E-state index contributed by atoms with van der Waals surface area (Å²) >= 11 is 0. The van der Waals surface area contributed by atoms with Gasteiger partial charge in [-0.05, 0) is 18.2 Å². The van der Waals surface area contributed by atoms with E-state index in [9.17, 15) is 10.0 Å². The topological polar surface area (TPSA) is 56.6 Å². The fourth-order valence-electron chi connectivity index (χ4n) is 2.09. The maximum Gasteiger partial charge on any atom is 0.219 e. The first kappa shape index (κ1) is 9.33. The van der Waals surface area contributed by atoms with Crippen molar-refractivity contribution < 1.29 is 9.86 Å². The average molecular weight is 214 g/mol. The fraction of sp³-hybridized carbons (Fsp3) is 0.0833. The van der Waals surface area contributed by atoms with E-state index >= 15 is 0 Å². The van der Waals surface area contributed by atoms with Gasteiger partial charge in [-0.25, -0.2) is 0 Å². The van der Waals surface area contributed by atoms with Gasteiger partial charge in [0.05, 0.1) is 5.70 Å². The van der Waals surface area contributed by atoms with Gasteiger partial charge in [0.2, 0.25) is 5.78 Å². The number of ketones is 1. The molecule has 0 fully saturated rings. The van der Waals surface area contributed by atoms with Crippen LogP contribution in [0.5, 0.6) is 0 Å². The first-order chi connectivity index (χ1) is 7.77. The predicted molar refractivity (Wildman–Crippen MR) is 60.1 cm³/mol. The van der Waals surface area contributed by atoms with Crippen LogP contribution in [0.15, 0.2) is 48.2 Å². The van der Waals surface area contributed by atoms with Crippen LogP contribution < -0.4 is 10.4 Å². The van der Waals surface area contributed by atoms with E-state index in [1.807, 2.05) is 12.1 Å². The molecule has 2 aliphatic rings. The number of anilines is 1. The molecule has 1 aliphatic carbocycles. The molecule has 1 heterocycles. The van der Waals surface area contributed by atoms with E-state index < -0.39 is 6.04 Å². The SMILES string of the molecule is O=C1C=CC=C2Nc3ccccc3[NH+]([O-])C12. The Hall–Kier alpha value is -1.91. The van der Waals surface area contributed by atoms with E-state index in [-0.39, 0.29) is 10.8 Å². The average Bonchev–Trinajstić information content (AvgIpc) is 2.29. The van der Waals surface area contributed by atoms with Crippen LogP contribution in [-0.4, -0.2) is 11.8 Å². The highest BCUT2D eigenvalue weighted by atomic mass is 16.5. The quantitative estimate of drug-likeness (QED) is 0.619. The van der Waals surface area contributed by atoms with E-state index in [4.69, 9.17) is 0 Å². The molecule has 0 saturated heterocycles. The van der Waals surface area contributed by atoms with Crippen molar-refractivity contribution >= 4 is 17.2 Å². The molecule has 0 radical (unpaired) electrons. The minimum absolute atomic E-state index is 0.116. The van der Waals surface area contributed by atoms with Gasteiger partial charge in [-0.1, -0.05) is 18.2 Å². The van der Waals surface area contributed by atoms with Gasteiger partial charge in [0.25, 0.3) is 0 Å². The number of allylic oxidation sites excluding steroid dienone is 2. The molecule has 3 rings (SSSR count). The van der Waals surface area contributed by atoms with E-state index in [1.165, 1.54) is 6.08 Å². The van der Waals surface area contributed by atoms with Crippen LogP contribution in [0.2, 0.25) is 0 Å². The maximum absolute atomic E-state index is 12.1. The lowest BCUT2D eigenvalue weighted by molar-refractivity contribution is -0.789. The Morgan fingerprint density at radius 3 is 3.00 bits per heavy atom. The van der Waals surface area contributed by atoms with Crippen molar-refractivity contribution in [1.29, 1.82) is 0 Å². The van der Waals surface area contributed by atoms with Crippen LogP contribution in [0, 0.1) is 5.21 Å². The molecule has 0 spiro atoms. The monoisotopic (exact) mass is 214 g/mol. The Balaban J connectivity index is 2.13. The second-order valence-electron chi connectivity index (χ2n) is 3.85. The number of quaternary nitrogens is 1. The molecule has 2 N–H and O–H groups in total. The number of carbonyl (C=O) groups is 1. The second kappa shape index (κ2) is 3.30. The van der Waals surface area contributed by atoms with Gasteiger partial charge in [0.15, 0.2) is 11.7 Å². The lowest BCUT2D eigenvalue weighted by Gasteiger charge is -2.37. The third-order valence-electron chi connectivity index (χ3n) is 2.87. The molecule has 0 bridgehead atoms. The summed E-state index contributed by atoms with van der Waals surface area (Å²) < 4.78 is 0. The zero-order valence-electron chi connectivity index (χ0n) is 8.44. The summed E-state index contributed by atoms with van der Waals surface area (Å²) in [7, 11) is 0. The number of rotatable bonds is 0. The summed E-state index contributed by atoms with van der Waals surface area (Å²) in [5, 5.41) is 15.1. The van der Waals surface area contributed by atoms with Gasteiger partial charge in [-0.2, -0.15) is 0 Å². The normalized spacial score (nSPS) is 26.6. The summed E-state index contributed by atoms with van der Waals surface area (Å²) in [5.41, 5.74) is 2.04. The van der Waals surface area contributed by atoms with Gasteiger partial charge < -0.3 is 15.6 Å². The van der Waals surface area contributed by atoms with Crippen molar-refractivity contribution in [3.05, 3.63) is 53.4 Å². The Labute approximate surface area is 92.4 Å². The van der Waals surface area contributed by atoms with E-state index in [1.54, 1.807) is 24.3 Å². The molecule has 1 aliphatic heterocycles. The Bertz CT molecular complexity index is 520. The summed E-state index contributed by atoms with van der Waals surface area (Å²) in [6, 6.07) is 6.58. The molecule has 1 aromatic carbocycles. The molecular formula is C12H10N2O2. The van der Waals surface area contributed by atoms with Gasteiger partial charge in [-0.15, -0.1) is 0 Å². The molecule has 0 amide bonds. The molecule has 0 saturated carbocycles. The first-order valence-corrected chi connectivity index (χ1v) is 5.10. The Morgan fingerprint density at radius 1 is 1.31 bits per heavy atom. The fourth-order valence-corrected chi connectivity index (χ4v) is 2.09. The number of hydrogen-bond acceptors (Lipinski definition) is 3. The summed E-state index contributed by atoms with van der Waals surface area (Å²) in [5.74, 6) is -0.149. The zero-order chi connectivity index (χ0) is 11.1. The van der Waals surface area contributed by atoms with Crippen molar-refractivity contribution in [2.24, 2.45) is 0 Å². The number of hydroxylamine groups is 1. The lowest BCUT2D eigenvalue weighted by atomic mass is 9.99. The third-order valence-corrected chi connectivity index (χ3v) is 2.87. The van der Waals surface area contributed by atoms with E-state index in [0.717, 1.165) is 5.69 Å². The van der Waals surface area contributed by atoms with Crippen molar-refractivity contribution in [1.82, 2.24) is 0 Å². The van der Waals surface area contributed by atoms with Crippen molar-refractivity contribution in [2.75, 3.05) is 5.32 Å². The summed E-state index contributed by atoms with van der Waals surface area (Å²) in [6.45, 7) is 0. The second-order valence-corrected chi connectivity index (χ2v) is 3.85. The van der Waals surface area contributed by atoms with Crippen LogP contribution in [0.25, 0.3) is 0 Å².